The lowest BCUT2D eigenvalue weighted by Crippen LogP contribution is -2.15. The van der Waals surface area contributed by atoms with Crippen LogP contribution in [-0.4, -0.2) is 18.9 Å². The average Bonchev–Trinajstić information content (AvgIpc) is 3.01. The summed E-state index contributed by atoms with van der Waals surface area (Å²) in [6.07, 6.45) is 0. The van der Waals surface area contributed by atoms with Crippen LogP contribution in [0.4, 0.5) is 11.4 Å². The van der Waals surface area contributed by atoms with E-state index in [1.807, 2.05) is 30.3 Å². The lowest BCUT2D eigenvalue weighted by molar-refractivity contribution is -0.114. The van der Waals surface area contributed by atoms with E-state index in [-0.39, 0.29) is 10.8 Å². The fourth-order valence-corrected chi connectivity index (χ4v) is 5.16. The van der Waals surface area contributed by atoms with E-state index in [2.05, 4.69) is 27.6 Å². The quantitative estimate of drug-likeness (QED) is 0.482. The number of aromatic nitrogens is 1. The highest BCUT2D eigenvalue weighted by molar-refractivity contribution is 7.92. The summed E-state index contributed by atoms with van der Waals surface area (Å²) in [6.45, 7) is 6.02. The van der Waals surface area contributed by atoms with Crippen molar-refractivity contribution in [3.8, 4) is 0 Å². The Hall–Kier alpha value is -3.32. The molecule has 0 aliphatic carbocycles. The lowest BCUT2D eigenvalue weighted by atomic mass is 10.1. The predicted octanol–water partition coefficient (Wildman–Crippen LogP) is 4.88. The van der Waals surface area contributed by atoms with Gasteiger partial charge in [-0.25, -0.2) is 8.42 Å². The SMILES string of the molecule is CCn1c2ccccc2c2cc(NS(=O)(=O)c3cc(NC(C)=O)ccc3C)ccc21. The van der Waals surface area contributed by atoms with Crippen molar-refractivity contribution in [3.05, 3.63) is 66.2 Å². The molecule has 0 bridgehead atoms. The van der Waals surface area contributed by atoms with Crippen molar-refractivity contribution in [1.82, 2.24) is 4.57 Å². The molecule has 7 heteroatoms. The molecule has 30 heavy (non-hydrogen) atoms. The molecule has 4 rings (SSSR count). The number of rotatable bonds is 5. The van der Waals surface area contributed by atoms with Crippen molar-refractivity contribution < 1.29 is 13.2 Å². The first-order valence-corrected chi connectivity index (χ1v) is 11.2. The Morgan fingerprint density at radius 2 is 1.63 bits per heavy atom. The number of hydrogen-bond donors (Lipinski definition) is 2. The lowest BCUT2D eigenvalue weighted by Gasteiger charge is -2.13. The highest BCUT2D eigenvalue weighted by atomic mass is 32.2. The zero-order chi connectivity index (χ0) is 21.5. The van der Waals surface area contributed by atoms with Crippen LogP contribution in [-0.2, 0) is 21.4 Å². The van der Waals surface area contributed by atoms with Crippen molar-refractivity contribution in [2.45, 2.75) is 32.2 Å². The fourth-order valence-electron chi connectivity index (χ4n) is 3.84. The highest BCUT2D eigenvalue weighted by Crippen LogP contribution is 2.32. The molecule has 0 fully saturated rings. The molecular weight excluding hydrogens is 398 g/mol. The highest BCUT2D eigenvalue weighted by Gasteiger charge is 2.19. The minimum atomic E-state index is -3.83. The van der Waals surface area contributed by atoms with E-state index >= 15 is 0 Å². The Kier molecular flexibility index (Phi) is 4.99. The molecule has 0 saturated heterocycles. The molecule has 1 amide bonds. The minimum Gasteiger partial charge on any atom is -0.341 e. The van der Waals surface area contributed by atoms with Gasteiger partial charge in [0, 0.05) is 46.6 Å². The first-order chi connectivity index (χ1) is 14.3. The van der Waals surface area contributed by atoms with Gasteiger partial charge < -0.3 is 9.88 Å². The molecule has 0 atom stereocenters. The minimum absolute atomic E-state index is 0.129. The monoisotopic (exact) mass is 421 g/mol. The Balaban J connectivity index is 1.77. The number of anilines is 2. The normalized spacial score (nSPS) is 11.7. The molecule has 4 aromatic rings. The van der Waals surface area contributed by atoms with Gasteiger partial charge in [0.25, 0.3) is 10.0 Å². The third-order valence-corrected chi connectivity index (χ3v) is 6.66. The molecule has 0 aliphatic rings. The molecule has 0 aliphatic heterocycles. The van der Waals surface area contributed by atoms with Gasteiger partial charge in [-0.3, -0.25) is 9.52 Å². The van der Waals surface area contributed by atoms with E-state index in [4.69, 9.17) is 0 Å². The zero-order valence-corrected chi connectivity index (χ0v) is 17.9. The van der Waals surface area contributed by atoms with Gasteiger partial charge in [0.05, 0.1) is 4.90 Å². The molecule has 2 N–H and O–H groups in total. The number of carbonyl (C=O) groups is 1. The standard InChI is InChI=1S/C23H23N3O3S/c1-4-26-21-8-6-5-7-19(21)20-13-18(11-12-22(20)26)25-30(28,29)23-14-17(24-16(3)27)10-9-15(23)2/h5-14,25H,4H2,1-3H3,(H,24,27). The zero-order valence-electron chi connectivity index (χ0n) is 17.1. The van der Waals surface area contributed by atoms with Crippen LogP contribution in [0.1, 0.15) is 19.4 Å². The van der Waals surface area contributed by atoms with Gasteiger partial charge in [0.15, 0.2) is 0 Å². The number of benzene rings is 3. The van der Waals surface area contributed by atoms with Crippen molar-refractivity contribution in [1.29, 1.82) is 0 Å². The van der Waals surface area contributed by atoms with E-state index in [0.29, 0.717) is 16.9 Å². The summed E-state index contributed by atoms with van der Waals surface area (Å²) in [4.78, 5) is 11.5. The number of hydrogen-bond acceptors (Lipinski definition) is 3. The molecule has 1 heterocycles. The molecule has 1 aromatic heterocycles. The third-order valence-electron chi connectivity index (χ3n) is 5.14. The summed E-state index contributed by atoms with van der Waals surface area (Å²) in [7, 11) is -3.83. The van der Waals surface area contributed by atoms with E-state index in [1.54, 1.807) is 25.1 Å². The van der Waals surface area contributed by atoms with Crippen molar-refractivity contribution in [2.75, 3.05) is 10.0 Å². The number of para-hydroxylation sites is 1. The molecular formula is C23H23N3O3S. The summed E-state index contributed by atoms with van der Waals surface area (Å²) in [5, 5.41) is 4.71. The van der Waals surface area contributed by atoms with Crippen LogP contribution >= 0.6 is 0 Å². The Morgan fingerprint density at radius 1 is 0.933 bits per heavy atom. The predicted molar refractivity (Wildman–Crippen MR) is 121 cm³/mol. The van der Waals surface area contributed by atoms with Crippen LogP contribution < -0.4 is 10.0 Å². The third kappa shape index (κ3) is 3.52. The van der Waals surface area contributed by atoms with E-state index < -0.39 is 10.0 Å². The Bertz CT molecular complexity index is 1390. The molecule has 0 saturated carbocycles. The fraction of sp³-hybridized carbons (Fsp3) is 0.174. The van der Waals surface area contributed by atoms with Gasteiger partial charge in [0.1, 0.15) is 0 Å². The largest absolute Gasteiger partial charge is 0.341 e. The van der Waals surface area contributed by atoms with Crippen LogP contribution in [0.3, 0.4) is 0 Å². The van der Waals surface area contributed by atoms with Gasteiger partial charge in [-0.1, -0.05) is 24.3 Å². The van der Waals surface area contributed by atoms with E-state index in [1.165, 1.54) is 13.0 Å². The molecule has 154 valence electrons. The Labute approximate surface area is 175 Å². The second kappa shape index (κ2) is 7.50. The second-order valence-corrected chi connectivity index (χ2v) is 8.91. The molecule has 6 nitrogen and oxygen atoms in total. The van der Waals surface area contributed by atoms with Crippen LogP contribution in [0.15, 0.2) is 65.6 Å². The molecule has 0 spiro atoms. The first-order valence-electron chi connectivity index (χ1n) is 9.72. The number of nitrogens with zero attached hydrogens (tertiary/aromatic N) is 1. The van der Waals surface area contributed by atoms with Crippen molar-refractivity contribution in [2.24, 2.45) is 0 Å². The van der Waals surface area contributed by atoms with Gasteiger partial charge in [-0.2, -0.15) is 0 Å². The number of nitrogens with one attached hydrogen (secondary N) is 2. The van der Waals surface area contributed by atoms with Gasteiger partial charge in [0.2, 0.25) is 5.91 Å². The van der Waals surface area contributed by atoms with E-state index in [9.17, 15) is 13.2 Å². The number of amides is 1. The number of carbonyl (C=O) groups excluding carboxylic acids is 1. The van der Waals surface area contributed by atoms with Crippen molar-refractivity contribution >= 4 is 49.1 Å². The van der Waals surface area contributed by atoms with Gasteiger partial charge >= 0.3 is 0 Å². The Morgan fingerprint density at radius 3 is 2.37 bits per heavy atom. The maximum absolute atomic E-state index is 13.1. The van der Waals surface area contributed by atoms with Crippen LogP contribution in [0.2, 0.25) is 0 Å². The van der Waals surface area contributed by atoms with Crippen LogP contribution in [0.25, 0.3) is 21.8 Å². The van der Waals surface area contributed by atoms with Crippen LogP contribution in [0, 0.1) is 6.92 Å². The second-order valence-electron chi connectivity index (χ2n) is 7.26. The maximum Gasteiger partial charge on any atom is 0.262 e. The van der Waals surface area contributed by atoms with Crippen LogP contribution in [0.5, 0.6) is 0 Å². The van der Waals surface area contributed by atoms with E-state index in [0.717, 1.165) is 28.4 Å². The number of aryl methyl sites for hydroxylation is 2. The summed E-state index contributed by atoms with van der Waals surface area (Å²) < 4.78 is 31.1. The molecule has 3 aromatic carbocycles. The molecule has 0 unspecified atom stereocenters. The van der Waals surface area contributed by atoms with Crippen molar-refractivity contribution in [3.63, 3.8) is 0 Å². The smallest absolute Gasteiger partial charge is 0.262 e. The summed E-state index contributed by atoms with van der Waals surface area (Å²) in [5.74, 6) is -0.257. The summed E-state index contributed by atoms with van der Waals surface area (Å²) in [6, 6.07) is 18.5. The topological polar surface area (TPSA) is 80.2 Å². The summed E-state index contributed by atoms with van der Waals surface area (Å²) in [5.41, 5.74) is 3.71. The van der Waals surface area contributed by atoms with Gasteiger partial charge in [-0.15, -0.1) is 0 Å². The number of sulfonamides is 1. The van der Waals surface area contributed by atoms with Gasteiger partial charge in [-0.05, 0) is 55.8 Å². The summed E-state index contributed by atoms with van der Waals surface area (Å²) >= 11 is 0. The average molecular weight is 422 g/mol. The number of fused-ring (bicyclic) bond motifs is 3. The molecule has 0 radical (unpaired) electrons. The first kappa shape index (κ1) is 20.0. The maximum atomic E-state index is 13.1.